The molecule has 0 saturated heterocycles. The summed E-state index contributed by atoms with van der Waals surface area (Å²) in [5.74, 6) is -0.1000. The highest BCUT2D eigenvalue weighted by atomic mass is 79.9. The summed E-state index contributed by atoms with van der Waals surface area (Å²) in [4.78, 5) is 37.9. The Hall–Kier alpha value is -4.32. The fraction of sp³-hybridized carbons (Fsp3) is 0.364. The van der Waals surface area contributed by atoms with E-state index in [1.807, 2.05) is 65.8 Å². The van der Waals surface area contributed by atoms with Gasteiger partial charge in [-0.2, -0.15) is 9.61 Å². The number of ether oxygens (including phenoxy) is 2. The van der Waals surface area contributed by atoms with Gasteiger partial charge in [-0.05, 0) is 94.4 Å². The maximum Gasteiger partial charge on any atom is 0.419 e. The van der Waals surface area contributed by atoms with Crippen molar-refractivity contribution in [2.75, 3.05) is 4.90 Å². The van der Waals surface area contributed by atoms with Gasteiger partial charge in [0.15, 0.2) is 5.65 Å². The lowest BCUT2D eigenvalue weighted by molar-refractivity contribution is 0.0527. The molecule has 12 heteroatoms. The molecule has 45 heavy (non-hydrogen) atoms. The number of aromatic nitrogens is 5. The van der Waals surface area contributed by atoms with Gasteiger partial charge in [0.25, 0.3) is 0 Å². The number of rotatable bonds is 3. The van der Waals surface area contributed by atoms with E-state index < -0.39 is 29.2 Å². The van der Waals surface area contributed by atoms with E-state index in [0.29, 0.717) is 46.5 Å². The average molecular weight is 678 g/mol. The number of carbonyl (C=O) groups is 2. The number of carbonyl (C=O) groups excluding carboxylic acids is 2. The van der Waals surface area contributed by atoms with Gasteiger partial charge >= 0.3 is 12.2 Å². The van der Waals surface area contributed by atoms with Crippen LogP contribution in [0, 0.1) is 5.82 Å². The lowest BCUT2D eigenvalue weighted by Crippen LogP contribution is -2.47. The molecular formula is C33H34BrFN6O4. The standard InChI is InChI=1S/C33H34BrFN6O4/c1-32(2,3)44-30(42)39(28-15-25(19-13-20(35)17-36-16-19)38-29-24(34)18-37-41(28)29)21-11-12-27-23(14-21)22-9-7-8-10-26(22)40(27)31(43)45-33(4,5)6/h7-10,13,15-18,21H,11-12,14H2,1-6H3/t21-/m1/s1. The van der Waals surface area contributed by atoms with E-state index in [1.54, 1.807) is 26.2 Å². The molecule has 0 unspecified atom stereocenters. The van der Waals surface area contributed by atoms with Crippen LogP contribution in [0.3, 0.4) is 0 Å². The van der Waals surface area contributed by atoms with Gasteiger partial charge in [0.1, 0.15) is 22.8 Å². The summed E-state index contributed by atoms with van der Waals surface area (Å²) in [6, 6.07) is 10.4. The Morgan fingerprint density at radius 3 is 2.47 bits per heavy atom. The summed E-state index contributed by atoms with van der Waals surface area (Å²) in [6.07, 6.45) is 4.71. The van der Waals surface area contributed by atoms with E-state index in [4.69, 9.17) is 14.5 Å². The smallest absolute Gasteiger partial charge is 0.419 e. The number of anilines is 1. The summed E-state index contributed by atoms with van der Waals surface area (Å²) in [7, 11) is 0. The highest BCUT2D eigenvalue weighted by Gasteiger charge is 2.37. The van der Waals surface area contributed by atoms with Crippen LogP contribution in [0.1, 0.15) is 59.2 Å². The molecule has 0 fully saturated rings. The monoisotopic (exact) mass is 676 g/mol. The molecule has 4 aromatic heterocycles. The van der Waals surface area contributed by atoms with Gasteiger partial charge in [0.05, 0.1) is 28.1 Å². The lowest BCUT2D eigenvalue weighted by Gasteiger charge is -2.36. The number of halogens is 2. The molecule has 0 saturated carbocycles. The van der Waals surface area contributed by atoms with Gasteiger partial charge in [-0.3, -0.25) is 9.88 Å². The van der Waals surface area contributed by atoms with E-state index in [1.165, 1.54) is 12.3 Å². The van der Waals surface area contributed by atoms with Crippen molar-refractivity contribution < 1.29 is 23.5 Å². The van der Waals surface area contributed by atoms with Crippen LogP contribution in [0.15, 0.2) is 59.5 Å². The molecule has 234 valence electrons. The lowest BCUT2D eigenvalue weighted by atomic mass is 9.90. The van der Waals surface area contributed by atoms with Crippen LogP contribution in [-0.4, -0.2) is 53.6 Å². The van der Waals surface area contributed by atoms with Crippen LogP contribution < -0.4 is 4.90 Å². The molecule has 0 radical (unpaired) electrons. The maximum atomic E-state index is 14.2. The number of pyridine rings is 1. The molecule has 4 heterocycles. The largest absolute Gasteiger partial charge is 0.443 e. The average Bonchev–Trinajstić information content (AvgIpc) is 3.49. The zero-order valence-electron chi connectivity index (χ0n) is 26.0. The predicted octanol–water partition coefficient (Wildman–Crippen LogP) is 7.73. The van der Waals surface area contributed by atoms with Crippen molar-refractivity contribution in [2.45, 2.75) is 78.0 Å². The van der Waals surface area contributed by atoms with Gasteiger partial charge in [-0.25, -0.2) is 23.5 Å². The molecule has 10 nitrogen and oxygen atoms in total. The molecule has 0 bridgehead atoms. The number of amides is 1. The Balaban J connectivity index is 1.51. The minimum Gasteiger partial charge on any atom is -0.443 e. The molecule has 1 amide bonds. The zero-order chi connectivity index (χ0) is 32.3. The number of benzene rings is 1. The van der Waals surface area contributed by atoms with Crippen molar-refractivity contribution >= 4 is 50.5 Å². The number of nitrogens with zero attached hydrogens (tertiary/aromatic N) is 6. The number of hydrogen-bond donors (Lipinski definition) is 0. The van der Waals surface area contributed by atoms with Crippen molar-refractivity contribution in [3.63, 3.8) is 0 Å². The first-order chi connectivity index (χ1) is 21.2. The Kier molecular flexibility index (Phi) is 7.67. The van der Waals surface area contributed by atoms with Gasteiger partial charge in [0, 0.05) is 34.9 Å². The van der Waals surface area contributed by atoms with E-state index in [2.05, 4.69) is 26.0 Å². The maximum absolute atomic E-state index is 14.2. The van der Waals surface area contributed by atoms with Crippen molar-refractivity contribution in [2.24, 2.45) is 0 Å². The second kappa shape index (κ2) is 11.2. The molecule has 0 aliphatic heterocycles. The molecule has 0 N–H and O–H groups in total. The molecule has 1 aliphatic carbocycles. The zero-order valence-corrected chi connectivity index (χ0v) is 27.6. The van der Waals surface area contributed by atoms with Crippen molar-refractivity contribution in [1.29, 1.82) is 0 Å². The van der Waals surface area contributed by atoms with E-state index in [9.17, 15) is 14.0 Å². The fourth-order valence-corrected chi connectivity index (χ4v) is 6.11. The summed E-state index contributed by atoms with van der Waals surface area (Å²) < 4.78 is 29.8. The molecule has 1 aliphatic rings. The van der Waals surface area contributed by atoms with E-state index >= 15 is 0 Å². The predicted molar refractivity (Wildman–Crippen MR) is 172 cm³/mol. The first kappa shape index (κ1) is 30.7. The van der Waals surface area contributed by atoms with Crippen molar-refractivity contribution in [3.05, 3.63) is 76.5 Å². The Morgan fingerprint density at radius 1 is 1.02 bits per heavy atom. The Labute approximate surface area is 268 Å². The van der Waals surface area contributed by atoms with Crippen LogP contribution in [0.5, 0.6) is 0 Å². The fourth-order valence-electron chi connectivity index (χ4n) is 5.76. The van der Waals surface area contributed by atoms with Crippen LogP contribution in [0.2, 0.25) is 0 Å². The normalized spacial score (nSPS) is 15.2. The highest BCUT2D eigenvalue weighted by molar-refractivity contribution is 9.10. The molecule has 1 atom stereocenters. The third kappa shape index (κ3) is 6.03. The van der Waals surface area contributed by atoms with Crippen LogP contribution in [-0.2, 0) is 22.3 Å². The summed E-state index contributed by atoms with van der Waals surface area (Å²) >= 11 is 3.52. The summed E-state index contributed by atoms with van der Waals surface area (Å²) in [6.45, 7) is 11.0. The minimum atomic E-state index is -0.784. The van der Waals surface area contributed by atoms with E-state index in [0.717, 1.165) is 28.4 Å². The first-order valence-corrected chi connectivity index (χ1v) is 15.5. The van der Waals surface area contributed by atoms with Gasteiger partial charge in [0.2, 0.25) is 0 Å². The van der Waals surface area contributed by atoms with Gasteiger partial charge in [-0.15, -0.1) is 0 Å². The second-order valence-corrected chi connectivity index (χ2v) is 14.0. The third-order valence-electron chi connectivity index (χ3n) is 7.43. The number of para-hydroxylation sites is 1. The topological polar surface area (TPSA) is 104 Å². The molecule has 1 aromatic carbocycles. The van der Waals surface area contributed by atoms with Gasteiger partial charge in [-0.1, -0.05) is 18.2 Å². The minimum absolute atomic E-state index is 0.377. The summed E-state index contributed by atoms with van der Waals surface area (Å²) in [5.41, 5.74) is 2.43. The second-order valence-electron chi connectivity index (χ2n) is 13.1. The highest BCUT2D eigenvalue weighted by Crippen LogP contribution is 2.37. The van der Waals surface area contributed by atoms with Crippen LogP contribution in [0.4, 0.5) is 19.8 Å². The van der Waals surface area contributed by atoms with Crippen LogP contribution >= 0.6 is 15.9 Å². The molecule has 0 spiro atoms. The number of hydrogen-bond acceptors (Lipinski definition) is 7. The quantitative estimate of drug-likeness (QED) is 0.193. The van der Waals surface area contributed by atoms with Gasteiger partial charge < -0.3 is 9.47 Å². The third-order valence-corrected chi connectivity index (χ3v) is 7.99. The molecule has 5 aromatic rings. The van der Waals surface area contributed by atoms with Crippen molar-refractivity contribution in [3.8, 4) is 11.3 Å². The Bertz CT molecular complexity index is 1950. The molecule has 6 rings (SSSR count). The first-order valence-electron chi connectivity index (χ1n) is 14.7. The number of fused-ring (bicyclic) bond motifs is 4. The SMILES string of the molecule is CC(C)(C)OC(=O)N(c1cc(-c2cncc(F)c2)nc2c(Br)cnn12)[C@@H]1CCc2c(c3ccccc3n2C(=O)OC(C)(C)C)C1. The van der Waals surface area contributed by atoms with Crippen LogP contribution in [0.25, 0.3) is 27.8 Å². The van der Waals surface area contributed by atoms with Crippen molar-refractivity contribution in [1.82, 2.24) is 24.1 Å². The summed E-state index contributed by atoms with van der Waals surface area (Å²) in [5, 5.41) is 5.44. The molecular weight excluding hydrogens is 643 g/mol. The Morgan fingerprint density at radius 2 is 1.76 bits per heavy atom. The van der Waals surface area contributed by atoms with E-state index in [-0.39, 0.29) is 6.04 Å².